The molecular formula is C12H10N2O. The zero-order valence-electron chi connectivity index (χ0n) is 8.29. The Labute approximate surface area is 86.4 Å². The first-order valence-corrected chi connectivity index (χ1v) is 4.86. The number of aromatic nitrogens is 1. The lowest BCUT2D eigenvalue weighted by atomic mass is 10.0. The highest BCUT2D eigenvalue weighted by molar-refractivity contribution is 6.02. The largest absolute Gasteiger partial charge is 0.348 e. The van der Waals surface area contributed by atoms with E-state index in [0.717, 1.165) is 27.7 Å². The van der Waals surface area contributed by atoms with E-state index in [2.05, 4.69) is 10.3 Å². The molecule has 1 aliphatic heterocycles. The summed E-state index contributed by atoms with van der Waals surface area (Å²) >= 11 is 0. The Morgan fingerprint density at radius 2 is 2.13 bits per heavy atom. The SMILES string of the molecule is Cc1c(=O)[nH]c2c3c(cccc13)C=CN2. The summed E-state index contributed by atoms with van der Waals surface area (Å²) in [7, 11) is 0. The summed E-state index contributed by atoms with van der Waals surface area (Å²) in [4.78, 5) is 14.5. The highest BCUT2D eigenvalue weighted by Crippen LogP contribution is 2.29. The molecule has 3 rings (SSSR count). The van der Waals surface area contributed by atoms with Gasteiger partial charge in [-0.15, -0.1) is 0 Å². The first-order chi connectivity index (χ1) is 7.27. The van der Waals surface area contributed by atoms with Crippen LogP contribution in [0.15, 0.2) is 29.2 Å². The van der Waals surface area contributed by atoms with Crippen LogP contribution in [0.4, 0.5) is 5.82 Å². The molecule has 0 fully saturated rings. The van der Waals surface area contributed by atoms with Gasteiger partial charge >= 0.3 is 0 Å². The third-order valence-corrected chi connectivity index (χ3v) is 2.82. The highest BCUT2D eigenvalue weighted by Gasteiger charge is 2.11. The number of aryl methyl sites for hydroxylation is 1. The molecule has 0 bridgehead atoms. The fraction of sp³-hybridized carbons (Fsp3) is 0.0833. The molecule has 1 aromatic carbocycles. The van der Waals surface area contributed by atoms with Crippen molar-refractivity contribution in [3.63, 3.8) is 0 Å². The van der Waals surface area contributed by atoms with Gasteiger partial charge in [0.2, 0.25) is 0 Å². The second-order valence-electron chi connectivity index (χ2n) is 3.70. The van der Waals surface area contributed by atoms with Crippen LogP contribution in [0.3, 0.4) is 0 Å². The van der Waals surface area contributed by atoms with Crippen LogP contribution in [0.5, 0.6) is 0 Å². The van der Waals surface area contributed by atoms with Crippen LogP contribution in [-0.2, 0) is 0 Å². The number of hydrogen-bond acceptors (Lipinski definition) is 2. The third kappa shape index (κ3) is 1.03. The first-order valence-electron chi connectivity index (χ1n) is 4.86. The molecule has 0 amide bonds. The third-order valence-electron chi connectivity index (χ3n) is 2.82. The minimum absolute atomic E-state index is 0.0301. The van der Waals surface area contributed by atoms with Crippen LogP contribution in [0.25, 0.3) is 16.8 Å². The van der Waals surface area contributed by atoms with E-state index >= 15 is 0 Å². The molecule has 3 heteroatoms. The molecule has 2 aromatic rings. The number of rotatable bonds is 0. The molecule has 2 heterocycles. The van der Waals surface area contributed by atoms with Crippen molar-refractivity contribution in [2.45, 2.75) is 6.92 Å². The minimum Gasteiger partial charge on any atom is -0.348 e. The summed E-state index contributed by atoms with van der Waals surface area (Å²) in [5.74, 6) is 0.790. The Morgan fingerprint density at radius 3 is 3.00 bits per heavy atom. The number of anilines is 1. The van der Waals surface area contributed by atoms with Gasteiger partial charge in [0, 0.05) is 17.1 Å². The van der Waals surface area contributed by atoms with Gasteiger partial charge in [0.25, 0.3) is 5.56 Å². The van der Waals surface area contributed by atoms with Crippen molar-refractivity contribution in [1.82, 2.24) is 4.98 Å². The summed E-state index contributed by atoms with van der Waals surface area (Å²) in [6, 6.07) is 6.00. The van der Waals surface area contributed by atoms with Crippen molar-refractivity contribution < 1.29 is 0 Å². The Kier molecular flexibility index (Phi) is 1.51. The van der Waals surface area contributed by atoms with E-state index in [0.29, 0.717) is 0 Å². The minimum atomic E-state index is -0.0301. The van der Waals surface area contributed by atoms with E-state index in [1.165, 1.54) is 0 Å². The Balaban J connectivity index is 2.62. The van der Waals surface area contributed by atoms with Crippen LogP contribution < -0.4 is 10.9 Å². The number of benzene rings is 1. The maximum absolute atomic E-state index is 11.6. The summed E-state index contributed by atoms with van der Waals surface area (Å²) in [5.41, 5.74) is 1.88. The summed E-state index contributed by atoms with van der Waals surface area (Å²) in [6.45, 7) is 1.85. The molecule has 1 aliphatic rings. The number of nitrogens with one attached hydrogen (secondary N) is 2. The fourth-order valence-electron chi connectivity index (χ4n) is 2.02. The topological polar surface area (TPSA) is 44.9 Å². The lowest BCUT2D eigenvalue weighted by Gasteiger charge is -2.14. The maximum Gasteiger partial charge on any atom is 0.253 e. The molecule has 15 heavy (non-hydrogen) atoms. The van der Waals surface area contributed by atoms with E-state index in [1.54, 1.807) is 0 Å². The van der Waals surface area contributed by atoms with Gasteiger partial charge in [0.15, 0.2) is 0 Å². The zero-order chi connectivity index (χ0) is 10.4. The van der Waals surface area contributed by atoms with Gasteiger partial charge in [-0.2, -0.15) is 0 Å². The van der Waals surface area contributed by atoms with E-state index in [9.17, 15) is 4.79 Å². The summed E-state index contributed by atoms with van der Waals surface area (Å²) in [6.07, 6.45) is 3.84. The smallest absolute Gasteiger partial charge is 0.253 e. The Morgan fingerprint density at radius 1 is 1.27 bits per heavy atom. The molecule has 0 radical (unpaired) electrons. The standard InChI is InChI=1S/C12H10N2O/c1-7-9-4-2-3-8-5-6-13-11(10(8)9)14-12(7)15/h2-6H,1H3,(H2,13,14,15). The quantitative estimate of drug-likeness (QED) is 0.681. The average molecular weight is 198 g/mol. The van der Waals surface area contributed by atoms with Crippen molar-refractivity contribution in [2.75, 3.05) is 5.32 Å². The monoisotopic (exact) mass is 198 g/mol. The molecule has 1 aromatic heterocycles. The maximum atomic E-state index is 11.6. The average Bonchev–Trinajstić information content (AvgIpc) is 2.26. The first kappa shape index (κ1) is 8.29. The van der Waals surface area contributed by atoms with Gasteiger partial charge in [0.1, 0.15) is 5.82 Å². The van der Waals surface area contributed by atoms with Crippen LogP contribution >= 0.6 is 0 Å². The van der Waals surface area contributed by atoms with Crippen molar-refractivity contribution in [2.24, 2.45) is 0 Å². The van der Waals surface area contributed by atoms with E-state index in [4.69, 9.17) is 0 Å². The van der Waals surface area contributed by atoms with Crippen molar-refractivity contribution in [3.05, 3.63) is 45.9 Å². The molecule has 74 valence electrons. The van der Waals surface area contributed by atoms with Crippen LogP contribution in [0.2, 0.25) is 0 Å². The van der Waals surface area contributed by atoms with Crippen LogP contribution in [-0.4, -0.2) is 4.98 Å². The van der Waals surface area contributed by atoms with Gasteiger partial charge in [0.05, 0.1) is 0 Å². The second kappa shape index (κ2) is 2.73. The molecule has 0 saturated carbocycles. The zero-order valence-corrected chi connectivity index (χ0v) is 8.29. The molecule has 0 atom stereocenters. The van der Waals surface area contributed by atoms with Crippen LogP contribution in [0, 0.1) is 6.92 Å². The number of H-pyrrole nitrogens is 1. The normalized spacial score (nSPS) is 12.9. The van der Waals surface area contributed by atoms with E-state index in [1.807, 2.05) is 37.4 Å². The highest BCUT2D eigenvalue weighted by atomic mass is 16.1. The molecule has 0 spiro atoms. The fourth-order valence-corrected chi connectivity index (χ4v) is 2.02. The van der Waals surface area contributed by atoms with E-state index in [-0.39, 0.29) is 5.56 Å². The summed E-state index contributed by atoms with van der Waals surface area (Å²) < 4.78 is 0. The molecule has 0 saturated heterocycles. The molecular weight excluding hydrogens is 188 g/mol. The van der Waals surface area contributed by atoms with Gasteiger partial charge in [-0.1, -0.05) is 18.2 Å². The molecule has 3 nitrogen and oxygen atoms in total. The number of pyridine rings is 1. The predicted octanol–water partition coefficient (Wildman–Crippen LogP) is 2.23. The Bertz CT molecular complexity index is 638. The molecule has 0 aliphatic carbocycles. The van der Waals surface area contributed by atoms with Gasteiger partial charge in [-0.05, 0) is 23.9 Å². The summed E-state index contributed by atoms with van der Waals surface area (Å²) in [5, 5.41) is 5.17. The molecule has 0 unspecified atom stereocenters. The molecule has 2 N–H and O–H groups in total. The van der Waals surface area contributed by atoms with Crippen molar-refractivity contribution in [3.8, 4) is 0 Å². The van der Waals surface area contributed by atoms with Crippen molar-refractivity contribution in [1.29, 1.82) is 0 Å². The number of hydrogen-bond donors (Lipinski definition) is 2. The predicted molar refractivity (Wildman–Crippen MR) is 62.0 cm³/mol. The Hall–Kier alpha value is -2.03. The van der Waals surface area contributed by atoms with E-state index < -0.39 is 0 Å². The van der Waals surface area contributed by atoms with Crippen molar-refractivity contribution >= 4 is 22.7 Å². The van der Waals surface area contributed by atoms with Gasteiger partial charge < -0.3 is 10.3 Å². The van der Waals surface area contributed by atoms with Gasteiger partial charge in [-0.25, -0.2) is 0 Å². The number of aromatic amines is 1. The second-order valence-corrected chi connectivity index (χ2v) is 3.70. The van der Waals surface area contributed by atoms with Crippen LogP contribution in [0.1, 0.15) is 11.1 Å². The lowest BCUT2D eigenvalue weighted by Crippen LogP contribution is -2.13. The van der Waals surface area contributed by atoms with Gasteiger partial charge in [-0.3, -0.25) is 4.79 Å². The lowest BCUT2D eigenvalue weighted by molar-refractivity contribution is 1.21.